The number of rotatable bonds is 2. The summed E-state index contributed by atoms with van der Waals surface area (Å²) in [5, 5.41) is 0. The SMILES string of the molecule is CC1(C)CCC2=C(O1)c1ccccc1/C(=N\c1ccc(N3C(=O)C=CC3=O)cc1)C2=O. The maximum absolute atomic E-state index is 13.3. The molecule has 0 bridgehead atoms. The summed E-state index contributed by atoms with van der Waals surface area (Å²) in [6.07, 6.45) is 3.88. The molecule has 0 unspecified atom stereocenters. The molecule has 0 radical (unpaired) electrons. The van der Waals surface area contributed by atoms with Gasteiger partial charge in [-0.05, 0) is 51.0 Å². The smallest absolute Gasteiger partial charge is 0.258 e. The van der Waals surface area contributed by atoms with E-state index in [1.807, 2.05) is 38.1 Å². The summed E-state index contributed by atoms with van der Waals surface area (Å²) in [5.41, 5.74) is 3.35. The lowest BCUT2D eigenvalue weighted by Gasteiger charge is -2.36. The third kappa shape index (κ3) is 3.20. The number of carbonyl (C=O) groups is 3. The third-order valence-electron chi connectivity index (χ3n) is 5.70. The van der Waals surface area contributed by atoms with Gasteiger partial charge in [0.15, 0.2) is 0 Å². The molecule has 0 aromatic heterocycles. The van der Waals surface area contributed by atoms with Crippen molar-refractivity contribution in [1.82, 2.24) is 0 Å². The molecule has 2 heterocycles. The van der Waals surface area contributed by atoms with Gasteiger partial charge in [-0.1, -0.05) is 24.3 Å². The molecule has 6 heteroatoms. The summed E-state index contributed by atoms with van der Waals surface area (Å²) >= 11 is 0. The number of aliphatic imine (C=N–C) groups is 1. The monoisotopic (exact) mass is 412 g/mol. The fourth-order valence-corrected chi connectivity index (χ4v) is 4.09. The van der Waals surface area contributed by atoms with E-state index in [-0.39, 0.29) is 23.2 Å². The Morgan fingerprint density at radius 2 is 1.55 bits per heavy atom. The van der Waals surface area contributed by atoms with Crippen LogP contribution in [0.2, 0.25) is 0 Å². The van der Waals surface area contributed by atoms with E-state index in [4.69, 9.17) is 4.74 Å². The predicted octanol–water partition coefficient (Wildman–Crippen LogP) is 4.12. The van der Waals surface area contributed by atoms with E-state index >= 15 is 0 Å². The third-order valence-corrected chi connectivity index (χ3v) is 5.70. The molecule has 2 amide bonds. The predicted molar refractivity (Wildman–Crippen MR) is 117 cm³/mol. The van der Waals surface area contributed by atoms with Gasteiger partial charge in [-0.15, -0.1) is 0 Å². The Morgan fingerprint density at radius 1 is 0.903 bits per heavy atom. The van der Waals surface area contributed by atoms with E-state index in [9.17, 15) is 14.4 Å². The minimum atomic E-state index is -0.375. The second-order valence-electron chi connectivity index (χ2n) is 8.37. The molecule has 2 aliphatic heterocycles. The van der Waals surface area contributed by atoms with E-state index in [1.54, 1.807) is 24.3 Å². The number of anilines is 1. The largest absolute Gasteiger partial charge is 0.487 e. The lowest BCUT2D eigenvalue weighted by Crippen LogP contribution is -2.34. The van der Waals surface area contributed by atoms with Crippen LogP contribution >= 0.6 is 0 Å². The Hall–Kier alpha value is -3.80. The van der Waals surface area contributed by atoms with Gasteiger partial charge in [0.05, 0.1) is 11.4 Å². The zero-order chi connectivity index (χ0) is 21.8. The molecule has 1 aliphatic carbocycles. The van der Waals surface area contributed by atoms with Gasteiger partial charge in [-0.3, -0.25) is 14.4 Å². The average molecular weight is 412 g/mol. The van der Waals surface area contributed by atoms with Crippen molar-refractivity contribution in [2.45, 2.75) is 32.3 Å². The zero-order valence-electron chi connectivity index (χ0n) is 17.2. The number of imide groups is 1. The van der Waals surface area contributed by atoms with Crippen LogP contribution in [0.3, 0.4) is 0 Å². The molecule has 0 spiro atoms. The van der Waals surface area contributed by atoms with Gasteiger partial charge < -0.3 is 4.74 Å². The standard InChI is InChI=1S/C25H20N2O4/c1-25(2)14-13-19-23(30)22(17-5-3-4-6-18(17)24(19)31-25)26-15-7-9-16(10-8-15)27-20(28)11-12-21(27)29/h3-12H,13-14H2,1-2H3/b26-22+. The molecular formula is C25H20N2O4. The van der Waals surface area contributed by atoms with Crippen LogP contribution in [0.5, 0.6) is 0 Å². The summed E-state index contributed by atoms with van der Waals surface area (Å²) in [4.78, 5) is 42.8. The van der Waals surface area contributed by atoms with Crippen LogP contribution in [0, 0.1) is 0 Å². The summed E-state index contributed by atoms with van der Waals surface area (Å²) in [6.45, 7) is 4.06. The first-order valence-electron chi connectivity index (χ1n) is 10.2. The van der Waals surface area contributed by atoms with E-state index in [0.29, 0.717) is 34.8 Å². The summed E-state index contributed by atoms with van der Waals surface area (Å²) in [5.74, 6) is -0.215. The minimum Gasteiger partial charge on any atom is -0.487 e. The molecule has 0 atom stereocenters. The average Bonchev–Trinajstić information content (AvgIpc) is 3.09. The Labute approximate surface area is 179 Å². The molecule has 0 fully saturated rings. The van der Waals surface area contributed by atoms with E-state index < -0.39 is 0 Å². The zero-order valence-corrected chi connectivity index (χ0v) is 17.2. The first kappa shape index (κ1) is 19.2. The number of hydrogen-bond donors (Lipinski definition) is 0. The number of ether oxygens (including phenoxy) is 1. The number of ketones is 1. The molecule has 0 N–H and O–H groups in total. The Balaban J connectivity index is 1.54. The van der Waals surface area contributed by atoms with Crippen molar-refractivity contribution in [2.24, 2.45) is 4.99 Å². The number of fused-ring (bicyclic) bond motifs is 2. The Bertz CT molecular complexity index is 1210. The van der Waals surface area contributed by atoms with Crippen LogP contribution in [-0.2, 0) is 19.1 Å². The molecular weight excluding hydrogens is 392 g/mol. The first-order valence-corrected chi connectivity index (χ1v) is 10.2. The molecule has 6 nitrogen and oxygen atoms in total. The van der Waals surface area contributed by atoms with Crippen molar-refractivity contribution in [1.29, 1.82) is 0 Å². The van der Waals surface area contributed by atoms with Crippen molar-refractivity contribution in [3.63, 3.8) is 0 Å². The number of benzene rings is 2. The van der Waals surface area contributed by atoms with Crippen LogP contribution in [-0.4, -0.2) is 28.9 Å². The molecule has 2 aromatic rings. The maximum atomic E-state index is 13.3. The van der Waals surface area contributed by atoms with Crippen LogP contribution in [0.25, 0.3) is 5.76 Å². The summed E-state index contributed by atoms with van der Waals surface area (Å²) in [6, 6.07) is 14.3. The van der Waals surface area contributed by atoms with Crippen molar-refractivity contribution >= 4 is 40.4 Å². The van der Waals surface area contributed by atoms with Crippen molar-refractivity contribution in [3.8, 4) is 0 Å². The molecule has 0 saturated heterocycles. The van der Waals surface area contributed by atoms with Crippen LogP contribution in [0.1, 0.15) is 37.8 Å². The van der Waals surface area contributed by atoms with Gasteiger partial charge >= 0.3 is 0 Å². The van der Waals surface area contributed by atoms with E-state index in [0.717, 1.165) is 22.4 Å². The summed E-state index contributed by atoms with van der Waals surface area (Å²) in [7, 11) is 0. The highest BCUT2D eigenvalue weighted by Crippen LogP contribution is 2.41. The maximum Gasteiger partial charge on any atom is 0.258 e. The lowest BCUT2D eigenvalue weighted by molar-refractivity contribution is -0.120. The fraction of sp³-hybridized carbons (Fsp3) is 0.200. The van der Waals surface area contributed by atoms with Gasteiger partial charge in [0, 0.05) is 28.9 Å². The number of amides is 2. The number of Topliss-reactive ketones (excluding diaryl/α,β-unsaturated/α-hetero) is 1. The molecule has 0 saturated carbocycles. The topological polar surface area (TPSA) is 76.0 Å². The van der Waals surface area contributed by atoms with Gasteiger partial charge in [0.25, 0.3) is 11.8 Å². The van der Waals surface area contributed by atoms with Crippen molar-refractivity contribution in [2.75, 3.05) is 4.90 Å². The highest BCUT2D eigenvalue weighted by Gasteiger charge is 2.38. The second-order valence-corrected chi connectivity index (χ2v) is 8.37. The lowest BCUT2D eigenvalue weighted by atomic mass is 9.82. The van der Waals surface area contributed by atoms with Crippen LogP contribution in [0.15, 0.2) is 71.2 Å². The van der Waals surface area contributed by atoms with Crippen molar-refractivity contribution < 1.29 is 19.1 Å². The van der Waals surface area contributed by atoms with Crippen molar-refractivity contribution in [3.05, 3.63) is 77.4 Å². The second kappa shape index (κ2) is 6.87. The number of carbonyl (C=O) groups excluding carboxylic acids is 3. The van der Waals surface area contributed by atoms with E-state index in [1.165, 1.54) is 12.2 Å². The highest BCUT2D eigenvalue weighted by molar-refractivity contribution is 6.54. The van der Waals surface area contributed by atoms with Gasteiger partial charge in [0.1, 0.15) is 17.1 Å². The van der Waals surface area contributed by atoms with Crippen LogP contribution in [0.4, 0.5) is 11.4 Å². The number of allylic oxidation sites excluding steroid dienone is 1. The normalized spacial score (nSPS) is 20.8. The van der Waals surface area contributed by atoms with Gasteiger partial charge in [-0.2, -0.15) is 0 Å². The first-order chi connectivity index (χ1) is 14.8. The van der Waals surface area contributed by atoms with Crippen LogP contribution < -0.4 is 4.90 Å². The van der Waals surface area contributed by atoms with Gasteiger partial charge in [0.2, 0.25) is 5.78 Å². The minimum absolute atomic E-state index is 0.123. The van der Waals surface area contributed by atoms with Gasteiger partial charge in [-0.25, -0.2) is 9.89 Å². The Morgan fingerprint density at radius 3 is 2.23 bits per heavy atom. The fourth-order valence-electron chi connectivity index (χ4n) is 4.09. The molecule has 5 rings (SSSR count). The van der Waals surface area contributed by atoms with E-state index in [2.05, 4.69) is 4.99 Å². The molecule has 3 aliphatic rings. The molecule has 31 heavy (non-hydrogen) atoms. The summed E-state index contributed by atoms with van der Waals surface area (Å²) < 4.78 is 6.19. The molecule has 2 aromatic carbocycles. The Kier molecular flexibility index (Phi) is 4.25. The highest BCUT2D eigenvalue weighted by atomic mass is 16.5. The quantitative estimate of drug-likeness (QED) is 0.696. The molecule has 154 valence electrons. The number of hydrogen-bond acceptors (Lipinski definition) is 5. The number of nitrogens with zero attached hydrogens (tertiary/aromatic N) is 2.